The maximum atomic E-state index is 5.33. The van der Waals surface area contributed by atoms with Crippen molar-refractivity contribution in [2.45, 2.75) is 27.0 Å². The Kier molecular flexibility index (Phi) is 3.82. The van der Waals surface area contributed by atoms with Crippen molar-refractivity contribution in [2.75, 3.05) is 14.2 Å². The van der Waals surface area contributed by atoms with Crippen LogP contribution in [0.1, 0.15) is 21.6 Å². The van der Waals surface area contributed by atoms with E-state index in [2.05, 4.69) is 31.3 Å². The van der Waals surface area contributed by atoms with Gasteiger partial charge < -0.3 is 10.1 Å². The third-order valence-corrected chi connectivity index (χ3v) is 4.31. The highest BCUT2D eigenvalue weighted by atomic mass is 32.1. The summed E-state index contributed by atoms with van der Waals surface area (Å²) < 4.78 is 6.70. The van der Waals surface area contributed by atoms with Gasteiger partial charge in [-0.1, -0.05) is 0 Å². The van der Waals surface area contributed by atoms with Gasteiger partial charge in [0.1, 0.15) is 0 Å². The third kappa shape index (κ3) is 2.37. The number of methoxy groups -OCH3 is 1. The third-order valence-electron chi connectivity index (χ3n) is 3.12. The van der Waals surface area contributed by atoms with Crippen molar-refractivity contribution in [3.05, 3.63) is 33.7 Å². The summed E-state index contributed by atoms with van der Waals surface area (Å²) >= 11 is 1.87. The molecule has 3 heteroatoms. The molecule has 92 valence electrons. The van der Waals surface area contributed by atoms with Gasteiger partial charge >= 0.3 is 0 Å². The van der Waals surface area contributed by atoms with E-state index in [-0.39, 0.29) is 0 Å². The van der Waals surface area contributed by atoms with Gasteiger partial charge in [-0.3, -0.25) is 0 Å². The van der Waals surface area contributed by atoms with Crippen LogP contribution in [0.2, 0.25) is 0 Å². The van der Waals surface area contributed by atoms with Crippen LogP contribution in [0.3, 0.4) is 0 Å². The highest BCUT2D eigenvalue weighted by molar-refractivity contribution is 7.19. The number of ether oxygens (including phenoxy) is 1. The van der Waals surface area contributed by atoms with Crippen molar-refractivity contribution < 1.29 is 4.74 Å². The number of nitrogens with one attached hydrogen (secondary N) is 1. The molecule has 17 heavy (non-hydrogen) atoms. The molecule has 0 radical (unpaired) electrons. The van der Waals surface area contributed by atoms with Gasteiger partial charge in [-0.25, -0.2) is 0 Å². The maximum absolute atomic E-state index is 5.33. The molecule has 0 fully saturated rings. The molecule has 0 bridgehead atoms. The second kappa shape index (κ2) is 5.17. The number of thiophene rings is 1. The van der Waals surface area contributed by atoms with E-state index in [0.29, 0.717) is 6.61 Å². The fourth-order valence-corrected chi connectivity index (χ4v) is 3.36. The minimum absolute atomic E-state index is 0.694. The molecule has 0 aliphatic carbocycles. The van der Waals surface area contributed by atoms with Crippen molar-refractivity contribution in [1.29, 1.82) is 0 Å². The number of rotatable bonds is 4. The van der Waals surface area contributed by atoms with E-state index in [1.165, 1.54) is 31.7 Å². The van der Waals surface area contributed by atoms with Crippen LogP contribution < -0.4 is 5.32 Å². The summed E-state index contributed by atoms with van der Waals surface area (Å²) in [5, 5.41) is 4.58. The molecular weight excluding hydrogens is 230 g/mol. The average molecular weight is 249 g/mol. The Morgan fingerprint density at radius 3 is 2.59 bits per heavy atom. The summed E-state index contributed by atoms with van der Waals surface area (Å²) in [5.41, 5.74) is 4.05. The zero-order valence-electron chi connectivity index (χ0n) is 10.9. The Bertz CT molecular complexity index is 530. The summed E-state index contributed by atoms with van der Waals surface area (Å²) in [6, 6.07) is 4.57. The molecule has 0 saturated carbocycles. The Morgan fingerprint density at radius 2 is 1.94 bits per heavy atom. The fourth-order valence-electron chi connectivity index (χ4n) is 2.06. The molecule has 0 unspecified atom stereocenters. The minimum Gasteiger partial charge on any atom is -0.380 e. The van der Waals surface area contributed by atoms with E-state index in [0.717, 1.165) is 6.54 Å². The van der Waals surface area contributed by atoms with Gasteiger partial charge in [0.2, 0.25) is 0 Å². The molecule has 1 N–H and O–H groups in total. The predicted octanol–water partition coefficient (Wildman–Crippen LogP) is 3.38. The molecule has 1 heterocycles. The van der Waals surface area contributed by atoms with E-state index in [9.17, 15) is 0 Å². The van der Waals surface area contributed by atoms with Crippen molar-refractivity contribution in [2.24, 2.45) is 0 Å². The van der Waals surface area contributed by atoms with Crippen molar-refractivity contribution in [1.82, 2.24) is 5.32 Å². The first-order valence-electron chi connectivity index (χ1n) is 5.82. The normalized spacial score (nSPS) is 11.3. The molecule has 2 nitrogen and oxygen atoms in total. The van der Waals surface area contributed by atoms with E-state index in [4.69, 9.17) is 4.74 Å². The summed E-state index contributed by atoms with van der Waals surface area (Å²) in [6.45, 7) is 5.94. The fraction of sp³-hybridized carbons (Fsp3) is 0.429. The second-order valence-corrected chi connectivity index (χ2v) is 5.54. The van der Waals surface area contributed by atoms with Gasteiger partial charge in [0.25, 0.3) is 0 Å². The molecule has 0 atom stereocenters. The topological polar surface area (TPSA) is 21.3 Å². The zero-order valence-corrected chi connectivity index (χ0v) is 11.7. The molecule has 1 aromatic heterocycles. The zero-order chi connectivity index (χ0) is 12.4. The van der Waals surface area contributed by atoms with E-state index >= 15 is 0 Å². The molecule has 0 amide bonds. The molecule has 0 aliphatic heterocycles. The van der Waals surface area contributed by atoms with Crippen LogP contribution in [0.4, 0.5) is 0 Å². The van der Waals surface area contributed by atoms with Crippen LogP contribution in [-0.4, -0.2) is 14.2 Å². The van der Waals surface area contributed by atoms with E-state index in [1.54, 1.807) is 7.11 Å². The monoisotopic (exact) mass is 249 g/mol. The first-order chi connectivity index (χ1) is 8.17. The molecule has 2 aromatic rings. The van der Waals surface area contributed by atoms with E-state index < -0.39 is 0 Å². The minimum atomic E-state index is 0.694. The summed E-state index contributed by atoms with van der Waals surface area (Å²) in [6.07, 6.45) is 0. The maximum Gasteiger partial charge on any atom is 0.0730 e. The van der Waals surface area contributed by atoms with Crippen LogP contribution >= 0.6 is 11.3 Å². The summed E-state index contributed by atoms with van der Waals surface area (Å²) in [7, 11) is 3.74. The quantitative estimate of drug-likeness (QED) is 0.897. The molecule has 0 aliphatic rings. The summed E-state index contributed by atoms with van der Waals surface area (Å²) in [5.74, 6) is 0. The number of hydrogen-bond donors (Lipinski definition) is 1. The average Bonchev–Trinajstić information content (AvgIpc) is 2.59. The van der Waals surface area contributed by atoms with Crippen LogP contribution in [0, 0.1) is 13.8 Å². The SMILES string of the molecule is CNCc1sc2cc(C)c(C)cc2c1COC. The highest BCUT2D eigenvalue weighted by Crippen LogP contribution is 2.33. The van der Waals surface area contributed by atoms with Gasteiger partial charge in [0.15, 0.2) is 0 Å². The Balaban J connectivity index is 2.62. The van der Waals surface area contributed by atoms with Gasteiger partial charge in [-0.05, 0) is 49.5 Å². The van der Waals surface area contributed by atoms with Crippen molar-refractivity contribution >= 4 is 21.4 Å². The molecule has 1 aromatic carbocycles. The first-order valence-corrected chi connectivity index (χ1v) is 6.64. The van der Waals surface area contributed by atoms with Gasteiger partial charge in [0.05, 0.1) is 6.61 Å². The lowest BCUT2D eigenvalue weighted by molar-refractivity contribution is 0.185. The Hall–Kier alpha value is -0.900. The molecule has 0 saturated heterocycles. The van der Waals surface area contributed by atoms with Crippen LogP contribution in [0.5, 0.6) is 0 Å². The van der Waals surface area contributed by atoms with Gasteiger partial charge in [0, 0.05) is 28.8 Å². The Labute approximate surface area is 107 Å². The van der Waals surface area contributed by atoms with Crippen LogP contribution in [0.25, 0.3) is 10.1 Å². The smallest absolute Gasteiger partial charge is 0.0730 e. The number of hydrogen-bond acceptors (Lipinski definition) is 3. The predicted molar refractivity (Wildman–Crippen MR) is 74.8 cm³/mol. The number of benzene rings is 1. The van der Waals surface area contributed by atoms with Crippen LogP contribution in [0.15, 0.2) is 12.1 Å². The van der Waals surface area contributed by atoms with Gasteiger partial charge in [-0.15, -0.1) is 11.3 Å². The highest BCUT2D eigenvalue weighted by Gasteiger charge is 2.12. The first kappa shape index (κ1) is 12.6. The lowest BCUT2D eigenvalue weighted by Gasteiger charge is -2.04. The largest absolute Gasteiger partial charge is 0.380 e. The lowest BCUT2D eigenvalue weighted by Crippen LogP contribution is -2.05. The molecule has 2 rings (SSSR count). The van der Waals surface area contributed by atoms with E-state index in [1.807, 2.05) is 18.4 Å². The molecule has 0 spiro atoms. The van der Waals surface area contributed by atoms with Gasteiger partial charge in [-0.2, -0.15) is 0 Å². The van der Waals surface area contributed by atoms with Crippen molar-refractivity contribution in [3.63, 3.8) is 0 Å². The summed E-state index contributed by atoms with van der Waals surface area (Å²) in [4.78, 5) is 1.38. The standard InChI is InChI=1S/C14H19NOS/c1-9-5-11-12(8-16-4)14(7-15-3)17-13(11)6-10(9)2/h5-6,15H,7-8H2,1-4H3. The van der Waals surface area contributed by atoms with Crippen molar-refractivity contribution in [3.8, 4) is 0 Å². The number of fused-ring (bicyclic) bond motifs is 1. The Morgan fingerprint density at radius 1 is 1.24 bits per heavy atom. The second-order valence-electron chi connectivity index (χ2n) is 4.40. The molecular formula is C14H19NOS. The van der Waals surface area contributed by atoms with Crippen LogP contribution in [-0.2, 0) is 17.9 Å². The number of aryl methyl sites for hydroxylation is 2. The lowest BCUT2D eigenvalue weighted by atomic mass is 10.0.